The van der Waals surface area contributed by atoms with Crippen molar-refractivity contribution in [2.75, 3.05) is 6.61 Å². The molecule has 0 N–H and O–H groups in total. The van der Waals surface area contributed by atoms with Gasteiger partial charge < -0.3 is 4.74 Å². The summed E-state index contributed by atoms with van der Waals surface area (Å²) >= 11 is 0. The highest BCUT2D eigenvalue weighted by Crippen LogP contribution is 2.15. The number of benzene rings is 1. The number of carbonyl (C=O) groups is 1. The molecular weight excluding hydrogens is 270 g/mol. The standard InChI is InChI=1S/C14H15N5O2/c1-3-21-14(20)10-8-15-18(2)13(10)9-19-12-7-5-4-6-11(12)16-17-19/h4-8H,3,9H2,1-2H3. The summed E-state index contributed by atoms with van der Waals surface area (Å²) in [5, 5.41) is 12.4. The van der Waals surface area contributed by atoms with E-state index in [0.29, 0.717) is 18.7 Å². The highest BCUT2D eigenvalue weighted by atomic mass is 16.5. The molecule has 2 heterocycles. The number of nitrogens with zero attached hydrogens (tertiary/aromatic N) is 5. The van der Waals surface area contributed by atoms with Crippen molar-refractivity contribution in [2.45, 2.75) is 13.5 Å². The maximum absolute atomic E-state index is 12.0. The third-order valence-electron chi connectivity index (χ3n) is 3.28. The Kier molecular flexibility index (Phi) is 3.39. The number of para-hydroxylation sites is 1. The monoisotopic (exact) mass is 285 g/mol. The van der Waals surface area contributed by atoms with E-state index in [1.165, 1.54) is 6.20 Å². The lowest BCUT2D eigenvalue weighted by atomic mass is 10.2. The van der Waals surface area contributed by atoms with Crippen molar-refractivity contribution in [2.24, 2.45) is 7.05 Å². The Hall–Kier alpha value is -2.70. The number of aryl methyl sites for hydroxylation is 1. The Morgan fingerprint density at radius 1 is 1.33 bits per heavy atom. The van der Waals surface area contributed by atoms with Crippen molar-refractivity contribution in [1.29, 1.82) is 0 Å². The van der Waals surface area contributed by atoms with E-state index in [2.05, 4.69) is 15.4 Å². The van der Waals surface area contributed by atoms with Crippen LogP contribution in [0.1, 0.15) is 23.0 Å². The minimum Gasteiger partial charge on any atom is -0.462 e. The quantitative estimate of drug-likeness (QED) is 0.677. The molecule has 0 amide bonds. The SMILES string of the molecule is CCOC(=O)c1cnn(C)c1Cn1nnc2ccccc21. The molecule has 0 fully saturated rings. The Bertz CT molecular complexity index is 790. The fourth-order valence-corrected chi connectivity index (χ4v) is 2.21. The lowest BCUT2D eigenvalue weighted by Crippen LogP contribution is -2.13. The van der Waals surface area contributed by atoms with Crippen molar-refractivity contribution in [3.8, 4) is 0 Å². The summed E-state index contributed by atoms with van der Waals surface area (Å²) in [6.45, 7) is 2.52. The van der Waals surface area contributed by atoms with Crippen LogP contribution in [0.25, 0.3) is 11.0 Å². The average Bonchev–Trinajstić information content (AvgIpc) is 3.05. The third-order valence-corrected chi connectivity index (χ3v) is 3.28. The fraction of sp³-hybridized carbons (Fsp3) is 0.286. The van der Waals surface area contributed by atoms with Gasteiger partial charge in [-0.15, -0.1) is 5.10 Å². The summed E-state index contributed by atoms with van der Waals surface area (Å²) in [4.78, 5) is 12.0. The van der Waals surface area contributed by atoms with E-state index in [0.717, 1.165) is 16.7 Å². The molecule has 0 bridgehead atoms. The minimum absolute atomic E-state index is 0.333. The average molecular weight is 285 g/mol. The van der Waals surface area contributed by atoms with Gasteiger partial charge in [0.1, 0.15) is 11.1 Å². The summed E-state index contributed by atoms with van der Waals surface area (Å²) in [7, 11) is 1.79. The first-order valence-corrected chi connectivity index (χ1v) is 6.67. The number of carbonyl (C=O) groups excluding carboxylic acids is 1. The maximum Gasteiger partial charge on any atom is 0.341 e. The van der Waals surface area contributed by atoms with Gasteiger partial charge in [0, 0.05) is 7.05 Å². The first-order chi connectivity index (χ1) is 10.2. The Balaban J connectivity index is 1.98. The van der Waals surface area contributed by atoms with E-state index >= 15 is 0 Å². The predicted molar refractivity (Wildman–Crippen MR) is 75.8 cm³/mol. The Morgan fingerprint density at radius 3 is 2.95 bits per heavy atom. The number of fused-ring (bicyclic) bond motifs is 1. The molecule has 2 aromatic heterocycles. The van der Waals surface area contributed by atoms with E-state index in [9.17, 15) is 4.79 Å². The third kappa shape index (κ3) is 2.37. The molecule has 3 aromatic rings. The molecule has 0 atom stereocenters. The number of hydrogen-bond donors (Lipinski definition) is 0. The molecule has 108 valence electrons. The van der Waals surface area contributed by atoms with Crippen LogP contribution in [0.2, 0.25) is 0 Å². The van der Waals surface area contributed by atoms with E-state index in [1.807, 2.05) is 24.3 Å². The van der Waals surface area contributed by atoms with E-state index in [1.54, 1.807) is 23.3 Å². The van der Waals surface area contributed by atoms with Crippen LogP contribution in [0.15, 0.2) is 30.5 Å². The number of esters is 1. The molecule has 0 unspecified atom stereocenters. The molecule has 0 aliphatic rings. The number of aromatic nitrogens is 5. The van der Waals surface area contributed by atoms with Crippen LogP contribution in [-0.4, -0.2) is 37.4 Å². The number of hydrogen-bond acceptors (Lipinski definition) is 5. The molecule has 7 heteroatoms. The molecule has 0 aliphatic carbocycles. The van der Waals surface area contributed by atoms with Gasteiger partial charge in [-0.05, 0) is 19.1 Å². The molecule has 7 nitrogen and oxygen atoms in total. The van der Waals surface area contributed by atoms with Gasteiger partial charge in [0.15, 0.2) is 0 Å². The van der Waals surface area contributed by atoms with Crippen molar-refractivity contribution in [3.05, 3.63) is 41.7 Å². The lowest BCUT2D eigenvalue weighted by molar-refractivity contribution is 0.0524. The largest absolute Gasteiger partial charge is 0.462 e. The van der Waals surface area contributed by atoms with Crippen LogP contribution < -0.4 is 0 Å². The maximum atomic E-state index is 12.0. The van der Waals surface area contributed by atoms with Gasteiger partial charge in [-0.3, -0.25) is 4.68 Å². The molecule has 0 saturated heterocycles. The van der Waals surface area contributed by atoms with Gasteiger partial charge in [0.2, 0.25) is 0 Å². The number of ether oxygens (including phenoxy) is 1. The summed E-state index contributed by atoms with van der Waals surface area (Å²) in [6, 6.07) is 7.68. The summed E-state index contributed by atoms with van der Waals surface area (Å²) in [6.07, 6.45) is 1.52. The molecule has 21 heavy (non-hydrogen) atoms. The van der Waals surface area contributed by atoms with Gasteiger partial charge in [-0.2, -0.15) is 5.10 Å². The zero-order valence-corrected chi connectivity index (χ0v) is 11.9. The Labute approximate surface area is 121 Å². The Morgan fingerprint density at radius 2 is 2.14 bits per heavy atom. The molecule has 0 radical (unpaired) electrons. The number of rotatable bonds is 4. The van der Waals surface area contributed by atoms with E-state index < -0.39 is 0 Å². The molecule has 0 spiro atoms. The van der Waals surface area contributed by atoms with Crippen molar-refractivity contribution in [3.63, 3.8) is 0 Å². The normalized spacial score (nSPS) is 11.0. The second-order valence-corrected chi connectivity index (χ2v) is 4.58. The summed E-state index contributed by atoms with van der Waals surface area (Å²) in [5.74, 6) is -0.370. The van der Waals surface area contributed by atoms with Crippen LogP contribution in [0.4, 0.5) is 0 Å². The second kappa shape index (κ2) is 5.35. The zero-order valence-electron chi connectivity index (χ0n) is 11.9. The van der Waals surface area contributed by atoms with Crippen LogP contribution >= 0.6 is 0 Å². The minimum atomic E-state index is -0.370. The highest BCUT2D eigenvalue weighted by molar-refractivity contribution is 5.90. The van der Waals surface area contributed by atoms with E-state index in [4.69, 9.17) is 4.74 Å². The fourth-order valence-electron chi connectivity index (χ4n) is 2.21. The molecule has 3 rings (SSSR count). The van der Waals surface area contributed by atoms with Crippen LogP contribution in [0, 0.1) is 0 Å². The van der Waals surface area contributed by atoms with Crippen molar-refractivity contribution < 1.29 is 9.53 Å². The summed E-state index contributed by atoms with van der Waals surface area (Å²) in [5.41, 5.74) is 2.92. The highest BCUT2D eigenvalue weighted by Gasteiger charge is 2.18. The first-order valence-electron chi connectivity index (χ1n) is 6.67. The van der Waals surface area contributed by atoms with Crippen LogP contribution in [0.3, 0.4) is 0 Å². The van der Waals surface area contributed by atoms with Gasteiger partial charge >= 0.3 is 5.97 Å². The van der Waals surface area contributed by atoms with Crippen molar-refractivity contribution in [1.82, 2.24) is 24.8 Å². The molecule has 0 aliphatic heterocycles. The first kappa shape index (κ1) is 13.3. The van der Waals surface area contributed by atoms with Gasteiger partial charge in [-0.25, -0.2) is 9.48 Å². The molecule has 0 saturated carbocycles. The zero-order chi connectivity index (χ0) is 14.8. The summed E-state index contributed by atoms with van der Waals surface area (Å²) < 4.78 is 8.45. The van der Waals surface area contributed by atoms with Crippen LogP contribution in [-0.2, 0) is 18.3 Å². The molecule has 1 aromatic carbocycles. The van der Waals surface area contributed by atoms with Gasteiger partial charge in [-0.1, -0.05) is 17.3 Å². The van der Waals surface area contributed by atoms with Gasteiger partial charge in [0.25, 0.3) is 0 Å². The van der Waals surface area contributed by atoms with Crippen molar-refractivity contribution >= 4 is 17.0 Å². The van der Waals surface area contributed by atoms with Crippen LogP contribution in [0.5, 0.6) is 0 Å². The second-order valence-electron chi connectivity index (χ2n) is 4.58. The smallest absolute Gasteiger partial charge is 0.341 e. The van der Waals surface area contributed by atoms with E-state index in [-0.39, 0.29) is 5.97 Å². The molecular formula is C14H15N5O2. The lowest BCUT2D eigenvalue weighted by Gasteiger charge is -2.06. The van der Waals surface area contributed by atoms with Gasteiger partial charge in [0.05, 0.1) is 30.6 Å². The topological polar surface area (TPSA) is 74.8 Å². The predicted octanol–water partition coefficient (Wildman–Crippen LogP) is 1.39.